The molecule has 1 aromatic heterocycles. The highest BCUT2D eigenvalue weighted by atomic mass is 32.2. The summed E-state index contributed by atoms with van der Waals surface area (Å²) in [7, 11) is 0. The molecule has 4 heteroatoms. The first-order valence-electron chi connectivity index (χ1n) is 5.79. The predicted molar refractivity (Wildman–Crippen MR) is 72.3 cm³/mol. The molecule has 3 rings (SSSR count). The lowest BCUT2D eigenvalue weighted by molar-refractivity contribution is 0.772. The molecule has 1 aromatic rings. The molecule has 1 N–H and O–H groups in total. The molecule has 2 nitrogen and oxygen atoms in total. The first kappa shape index (κ1) is 10.7. The molecule has 1 aliphatic heterocycles. The summed E-state index contributed by atoms with van der Waals surface area (Å²) in [6.07, 6.45) is 2.84. The summed E-state index contributed by atoms with van der Waals surface area (Å²) < 4.78 is 0. The van der Waals surface area contributed by atoms with E-state index in [-0.39, 0.29) is 0 Å². The number of rotatable bonds is 3. The van der Waals surface area contributed by atoms with Crippen LogP contribution in [0, 0.1) is 12.8 Å². The van der Waals surface area contributed by atoms with Crippen molar-refractivity contribution < 1.29 is 0 Å². The number of thiophene rings is 1. The van der Waals surface area contributed by atoms with Crippen molar-refractivity contribution in [3.63, 3.8) is 0 Å². The number of thioether (sulfide) groups is 1. The maximum Gasteiger partial charge on any atom is 0.157 e. The van der Waals surface area contributed by atoms with Crippen LogP contribution in [0.2, 0.25) is 0 Å². The van der Waals surface area contributed by atoms with Crippen LogP contribution in [0.3, 0.4) is 0 Å². The minimum Gasteiger partial charge on any atom is -0.361 e. The highest BCUT2D eigenvalue weighted by Crippen LogP contribution is 2.41. The predicted octanol–water partition coefficient (Wildman–Crippen LogP) is 3.03. The Labute approximate surface area is 105 Å². The van der Waals surface area contributed by atoms with Gasteiger partial charge in [-0.1, -0.05) is 11.8 Å². The van der Waals surface area contributed by atoms with E-state index < -0.39 is 0 Å². The molecule has 0 aromatic carbocycles. The average Bonchev–Trinajstić information content (AvgIpc) is 2.89. The Morgan fingerprint density at radius 1 is 1.44 bits per heavy atom. The van der Waals surface area contributed by atoms with Crippen LogP contribution in [0.1, 0.15) is 24.0 Å². The van der Waals surface area contributed by atoms with Crippen molar-refractivity contribution in [2.75, 3.05) is 6.54 Å². The third-order valence-corrected chi connectivity index (χ3v) is 5.46. The Hall–Kier alpha value is -0.480. The highest BCUT2D eigenvalue weighted by Gasteiger charge is 2.35. The molecule has 0 bridgehead atoms. The van der Waals surface area contributed by atoms with Crippen molar-refractivity contribution in [3.8, 4) is 0 Å². The number of nitrogens with zero attached hydrogens (tertiary/aromatic N) is 1. The van der Waals surface area contributed by atoms with Gasteiger partial charge in [0.15, 0.2) is 5.17 Å². The van der Waals surface area contributed by atoms with Crippen LogP contribution in [0.15, 0.2) is 15.8 Å². The minimum atomic E-state index is 0.770. The van der Waals surface area contributed by atoms with Crippen LogP contribution in [0.25, 0.3) is 0 Å². The molecule has 1 fully saturated rings. The molecule has 1 atom stereocenters. The standard InChI is InChI=1S/C12H16N2S2/c1-8-6-15-7-10(8)4-13-12-14-5-11(16-12)9-2-3-9/h6-7,9,11H,2-5H2,1H3,(H,13,14). The number of hydrogen-bond acceptors (Lipinski definition) is 4. The fraction of sp³-hybridized carbons (Fsp3) is 0.583. The van der Waals surface area contributed by atoms with Gasteiger partial charge in [-0.05, 0) is 47.6 Å². The average molecular weight is 252 g/mol. The molecule has 86 valence electrons. The summed E-state index contributed by atoms with van der Waals surface area (Å²) in [4.78, 5) is 4.58. The number of hydrogen-bond donors (Lipinski definition) is 1. The lowest BCUT2D eigenvalue weighted by Crippen LogP contribution is -2.19. The lowest BCUT2D eigenvalue weighted by Gasteiger charge is -2.07. The summed E-state index contributed by atoms with van der Waals surface area (Å²) in [6.45, 7) is 4.13. The van der Waals surface area contributed by atoms with Gasteiger partial charge in [0, 0.05) is 11.8 Å². The molecule has 1 aliphatic carbocycles. The van der Waals surface area contributed by atoms with Crippen molar-refractivity contribution in [1.82, 2.24) is 5.32 Å². The second kappa shape index (κ2) is 4.41. The highest BCUT2D eigenvalue weighted by molar-refractivity contribution is 8.14. The van der Waals surface area contributed by atoms with Crippen LogP contribution in [0.4, 0.5) is 0 Å². The van der Waals surface area contributed by atoms with Gasteiger partial charge in [0.25, 0.3) is 0 Å². The molecule has 16 heavy (non-hydrogen) atoms. The van der Waals surface area contributed by atoms with Crippen LogP contribution in [-0.4, -0.2) is 17.0 Å². The van der Waals surface area contributed by atoms with Gasteiger partial charge in [-0.2, -0.15) is 11.3 Å². The van der Waals surface area contributed by atoms with Gasteiger partial charge in [-0.3, -0.25) is 4.99 Å². The van der Waals surface area contributed by atoms with E-state index in [2.05, 4.69) is 28.0 Å². The minimum absolute atomic E-state index is 0.770. The van der Waals surface area contributed by atoms with Crippen LogP contribution in [-0.2, 0) is 6.54 Å². The molecule has 0 saturated heterocycles. The van der Waals surface area contributed by atoms with E-state index in [1.807, 2.05) is 11.8 Å². The topological polar surface area (TPSA) is 24.4 Å². The molecule has 1 saturated carbocycles. The molecule has 0 amide bonds. The van der Waals surface area contributed by atoms with E-state index >= 15 is 0 Å². The second-order valence-corrected chi connectivity index (χ2v) is 6.54. The molecule has 1 unspecified atom stereocenters. The Kier molecular flexibility index (Phi) is 2.94. The van der Waals surface area contributed by atoms with Gasteiger partial charge in [0.05, 0.1) is 6.54 Å². The first-order valence-corrected chi connectivity index (χ1v) is 7.62. The van der Waals surface area contributed by atoms with Crippen LogP contribution in [0.5, 0.6) is 0 Å². The number of aliphatic imine (C=N–C) groups is 1. The van der Waals surface area contributed by atoms with Crippen LogP contribution >= 0.6 is 23.1 Å². The van der Waals surface area contributed by atoms with Gasteiger partial charge in [0.1, 0.15) is 0 Å². The fourth-order valence-corrected chi connectivity index (χ4v) is 4.00. The van der Waals surface area contributed by atoms with Crippen LogP contribution < -0.4 is 5.32 Å². The van der Waals surface area contributed by atoms with E-state index in [1.54, 1.807) is 11.3 Å². The summed E-state index contributed by atoms with van der Waals surface area (Å²) in [5.74, 6) is 0.955. The number of aryl methyl sites for hydroxylation is 1. The van der Waals surface area contributed by atoms with Gasteiger partial charge >= 0.3 is 0 Å². The Morgan fingerprint density at radius 3 is 3.00 bits per heavy atom. The Morgan fingerprint density at radius 2 is 2.31 bits per heavy atom. The van der Waals surface area contributed by atoms with Gasteiger partial charge in [-0.15, -0.1) is 0 Å². The van der Waals surface area contributed by atoms with Gasteiger partial charge in [0.2, 0.25) is 0 Å². The zero-order valence-electron chi connectivity index (χ0n) is 9.40. The van der Waals surface area contributed by atoms with E-state index in [4.69, 9.17) is 0 Å². The Balaban J connectivity index is 1.51. The van der Waals surface area contributed by atoms with Crippen molar-refractivity contribution in [3.05, 3.63) is 21.9 Å². The maximum absolute atomic E-state index is 4.58. The quantitative estimate of drug-likeness (QED) is 0.894. The first-order chi connectivity index (χ1) is 7.83. The van der Waals surface area contributed by atoms with Gasteiger partial charge in [-0.25, -0.2) is 0 Å². The second-order valence-electron chi connectivity index (χ2n) is 4.57. The SMILES string of the molecule is Cc1cscc1CNC1=NCC(C2CC2)S1. The van der Waals surface area contributed by atoms with E-state index in [0.29, 0.717) is 0 Å². The zero-order valence-corrected chi connectivity index (χ0v) is 11.0. The fourth-order valence-electron chi connectivity index (χ4n) is 1.94. The van der Waals surface area contributed by atoms with Crippen molar-refractivity contribution in [2.24, 2.45) is 10.9 Å². The zero-order chi connectivity index (χ0) is 11.0. The molecular formula is C12H16N2S2. The molecule has 0 spiro atoms. The van der Waals surface area contributed by atoms with Gasteiger partial charge < -0.3 is 5.32 Å². The largest absolute Gasteiger partial charge is 0.361 e. The summed E-state index contributed by atoms with van der Waals surface area (Å²) in [6, 6.07) is 0. The summed E-state index contributed by atoms with van der Waals surface area (Å²) in [5.41, 5.74) is 2.79. The smallest absolute Gasteiger partial charge is 0.157 e. The summed E-state index contributed by atoms with van der Waals surface area (Å²) in [5, 5.41) is 9.81. The molecule has 0 radical (unpaired) electrons. The lowest BCUT2D eigenvalue weighted by atomic mass is 10.2. The van der Waals surface area contributed by atoms with E-state index in [0.717, 1.165) is 29.4 Å². The normalized spacial score (nSPS) is 24.6. The monoisotopic (exact) mass is 252 g/mol. The summed E-state index contributed by atoms with van der Waals surface area (Å²) >= 11 is 3.73. The molecular weight excluding hydrogens is 236 g/mol. The molecule has 2 aliphatic rings. The van der Waals surface area contributed by atoms with E-state index in [9.17, 15) is 0 Å². The Bertz CT molecular complexity index is 407. The molecule has 2 heterocycles. The van der Waals surface area contributed by atoms with Crippen molar-refractivity contribution >= 4 is 28.3 Å². The van der Waals surface area contributed by atoms with Crippen molar-refractivity contribution in [2.45, 2.75) is 31.6 Å². The van der Waals surface area contributed by atoms with E-state index in [1.165, 1.54) is 24.0 Å². The third kappa shape index (κ3) is 2.28. The third-order valence-electron chi connectivity index (χ3n) is 3.22. The maximum atomic E-state index is 4.58. The number of nitrogens with one attached hydrogen (secondary N) is 1. The number of amidine groups is 1. The van der Waals surface area contributed by atoms with Crippen molar-refractivity contribution in [1.29, 1.82) is 0 Å².